The van der Waals surface area contributed by atoms with Gasteiger partial charge in [-0.05, 0) is 12.1 Å². The molecule has 0 radical (unpaired) electrons. The Hall–Kier alpha value is -1.69. The van der Waals surface area contributed by atoms with Crippen LogP contribution in [0.1, 0.15) is 12.2 Å². The summed E-state index contributed by atoms with van der Waals surface area (Å²) in [6.45, 7) is 0. The van der Waals surface area contributed by atoms with Crippen molar-refractivity contribution in [2.45, 2.75) is 12.8 Å². The molecule has 0 atom stereocenters. The van der Waals surface area contributed by atoms with E-state index < -0.39 is 0 Å². The van der Waals surface area contributed by atoms with Crippen molar-refractivity contribution in [3.63, 3.8) is 0 Å². The number of fused-ring (bicyclic) bond motifs is 1. The zero-order valence-corrected chi connectivity index (χ0v) is 8.48. The molecule has 6 nitrogen and oxygen atoms in total. The van der Waals surface area contributed by atoms with E-state index in [1.807, 2.05) is 0 Å². The maximum atomic E-state index is 10.6. The summed E-state index contributed by atoms with van der Waals surface area (Å²) in [6, 6.07) is 3.33. The number of halogens is 1. The Morgan fingerprint density at radius 2 is 2.27 bits per heavy atom. The van der Waals surface area contributed by atoms with Gasteiger partial charge in [-0.15, -0.1) is 10.2 Å². The molecule has 0 bridgehead atoms. The summed E-state index contributed by atoms with van der Waals surface area (Å²) in [4.78, 5) is 10.6. The first-order valence-corrected chi connectivity index (χ1v) is 4.70. The number of hydrogen-bond donors (Lipinski definition) is 1. The van der Waals surface area contributed by atoms with Gasteiger partial charge in [-0.3, -0.25) is 4.79 Å². The average Bonchev–Trinajstić information content (AvgIpc) is 2.57. The van der Waals surface area contributed by atoms with Gasteiger partial charge in [0.2, 0.25) is 5.91 Å². The van der Waals surface area contributed by atoms with Crippen LogP contribution in [-0.2, 0) is 11.2 Å². The van der Waals surface area contributed by atoms with Crippen molar-refractivity contribution >= 4 is 23.2 Å². The predicted molar refractivity (Wildman–Crippen MR) is 53.3 cm³/mol. The third-order valence-corrected chi connectivity index (χ3v) is 2.09. The lowest BCUT2D eigenvalue weighted by molar-refractivity contribution is -0.118. The van der Waals surface area contributed by atoms with E-state index in [-0.39, 0.29) is 12.3 Å². The second kappa shape index (κ2) is 3.82. The van der Waals surface area contributed by atoms with Crippen molar-refractivity contribution in [2.75, 3.05) is 0 Å². The van der Waals surface area contributed by atoms with E-state index in [1.54, 1.807) is 12.1 Å². The van der Waals surface area contributed by atoms with Crippen LogP contribution in [0.3, 0.4) is 0 Å². The molecule has 7 heteroatoms. The molecule has 15 heavy (non-hydrogen) atoms. The second-order valence-electron chi connectivity index (χ2n) is 3.01. The quantitative estimate of drug-likeness (QED) is 0.808. The predicted octanol–water partition coefficient (Wildman–Crippen LogP) is 0.196. The third kappa shape index (κ3) is 2.04. The molecule has 0 saturated carbocycles. The van der Waals surface area contributed by atoms with Crippen LogP contribution in [-0.4, -0.2) is 25.7 Å². The summed E-state index contributed by atoms with van der Waals surface area (Å²) in [7, 11) is 0. The number of carbonyl (C=O) groups is 1. The van der Waals surface area contributed by atoms with Crippen molar-refractivity contribution in [3.8, 4) is 0 Å². The minimum atomic E-state index is -0.381. The second-order valence-corrected chi connectivity index (χ2v) is 3.40. The molecule has 0 saturated heterocycles. The molecule has 0 aliphatic rings. The van der Waals surface area contributed by atoms with Gasteiger partial charge in [0.15, 0.2) is 11.5 Å². The van der Waals surface area contributed by atoms with Gasteiger partial charge < -0.3 is 5.73 Å². The van der Waals surface area contributed by atoms with Crippen molar-refractivity contribution in [2.24, 2.45) is 5.73 Å². The van der Waals surface area contributed by atoms with Gasteiger partial charge in [0.1, 0.15) is 5.15 Å². The summed E-state index contributed by atoms with van der Waals surface area (Å²) in [5, 5.41) is 12.1. The van der Waals surface area contributed by atoms with Crippen LogP contribution in [0.2, 0.25) is 5.15 Å². The van der Waals surface area contributed by atoms with Gasteiger partial charge in [0.25, 0.3) is 0 Å². The molecule has 0 aliphatic carbocycles. The lowest BCUT2D eigenvalue weighted by atomic mass is 10.3. The number of aryl methyl sites for hydroxylation is 1. The van der Waals surface area contributed by atoms with Crippen LogP contribution in [0.5, 0.6) is 0 Å². The van der Waals surface area contributed by atoms with Crippen molar-refractivity contribution in [1.29, 1.82) is 0 Å². The highest BCUT2D eigenvalue weighted by atomic mass is 35.5. The largest absolute Gasteiger partial charge is 0.370 e. The van der Waals surface area contributed by atoms with E-state index in [9.17, 15) is 4.79 Å². The van der Waals surface area contributed by atoms with E-state index in [0.29, 0.717) is 23.0 Å². The van der Waals surface area contributed by atoms with E-state index in [0.717, 1.165) is 0 Å². The number of amides is 1. The molecule has 78 valence electrons. The highest BCUT2D eigenvalue weighted by molar-refractivity contribution is 6.29. The first-order chi connectivity index (χ1) is 7.16. The molecule has 2 N–H and O–H groups in total. The molecule has 2 heterocycles. The number of primary amides is 1. The highest BCUT2D eigenvalue weighted by Gasteiger charge is 2.07. The van der Waals surface area contributed by atoms with Gasteiger partial charge in [-0.1, -0.05) is 11.6 Å². The summed E-state index contributed by atoms with van der Waals surface area (Å²) in [5.74, 6) is 0.195. The van der Waals surface area contributed by atoms with Crippen molar-refractivity contribution in [3.05, 3.63) is 23.1 Å². The minimum Gasteiger partial charge on any atom is -0.370 e. The lowest BCUT2D eigenvalue weighted by Crippen LogP contribution is -2.12. The standard InChI is InChI=1S/C8H8ClN5O/c9-5-1-3-7-11-12-8(14(7)13-5)4-2-6(10)15/h1,3H,2,4H2,(H2,10,15). The van der Waals surface area contributed by atoms with Gasteiger partial charge >= 0.3 is 0 Å². The van der Waals surface area contributed by atoms with Gasteiger partial charge in [-0.2, -0.15) is 9.61 Å². The third-order valence-electron chi connectivity index (χ3n) is 1.89. The van der Waals surface area contributed by atoms with Crippen molar-refractivity contribution in [1.82, 2.24) is 19.8 Å². The molecule has 0 spiro atoms. The minimum absolute atomic E-state index is 0.217. The maximum Gasteiger partial charge on any atom is 0.217 e. The normalized spacial score (nSPS) is 10.7. The molecule has 2 aromatic rings. The average molecular weight is 226 g/mol. The summed E-state index contributed by atoms with van der Waals surface area (Å²) >= 11 is 5.73. The molecule has 0 aromatic carbocycles. The van der Waals surface area contributed by atoms with E-state index in [1.165, 1.54) is 4.52 Å². The van der Waals surface area contributed by atoms with E-state index in [2.05, 4.69) is 15.3 Å². The highest BCUT2D eigenvalue weighted by Crippen LogP contribution is 2.08. The first kappa shape index (κ1) is 9.85. The van der Waals surface area contributed by atoms with Gasteiger partial charge in [-0.25, -0.2) is 0 Å². The maximum absolute atomic E-state index is 10.6. The Labute approximate surface area is 90.0 Å². The molecular weight excluding hydrogens is 218 g/mol. The number of nitrogens with two attached hydrogens (primary N) is 1. The summed E-state index contributed by atoms with van der Waals surface area (Å²) in [5.41, 5.74) is 5.64. The summed E-state index contributed by atoms with van der Waals surface area (Å²) < 4.78 is 1.51. The molecule has 2 aromatic heterocycles. The Morgan fingerprint density at radius 1 is 1.47 bits per heavy atom. The zero-order chi connectivity index (χ0) is 10.8. The van der Waals surface area contributed by atoms with Crippen LogP contribution in [0.25, 0.3) is 5.65 Å². The van der Waals surface area contributed by atoms with Crippen LogP contribution in [0.15, 0.2) is 12.1 Å². The SMILES string of the molecule is NC(=O)CCc1nnc2ccc(Cl)nn12. The Morgan fingerprint density at radius 3 is 3.00 bits per heavy atom. The Bertz CT molecular complexity index is 509. The Kier molecular flexibility index (Phi) is 2.51. The number of aromatic nitrogens is 4. The van der Waals surface area contributed by atoms with Crippen LogP contribution in [0, 0.1) is 0 Å². The smallest absolute Gasteiger partial charge is 0.217 e. The molecule has 1 amide bonds. The van der Waals surface area contributed by atoms with Gasteiger partial charge in [0, 0.05) is 12.8 Å². The number of rotatable bonds is 3. The monoisotopic (exact) mass is 225 g/mol. The molecule has 0 unspecified atom stereocenters. The van der Waals surface area contributed by atoms with Crippen LogP contribution < -0.4 is 5.73 Å². The molecular formula is C8H8ClN5O. The summed E-state index contributed by atoms with van der Waals surface area (Å²) in [6.07, 6.45) is 0.624. The number of nitrogens with zero attached hydrogens (tertiary/aromatic N) is 4. The lowest BCUT2D eigenvalue weighted by Gasteiger charge is -1.96. The van der Waals surface area contributed by atoms with Crippen LogP contribution >= 0.6 is 11.6 Å². The molecule has 0 aliphatic heterocycles. The first-order valence-electron chi connectivity index (χ1n) is 4.32. The van der Waals surface area contributed by atoms with Gasteiger partial charge in [0.05, 0.1) is 0 Å². The molecule has 2 rings (SSSR count). The van der Waals surface area contributed by atoms with E-state index >= 15 is 0 Å². The Balaban J connectivity index is 2.35. The number of hydrogen-bond acceptors (Lipinski definition) is 4. The molecule has 0 fully saturated rings. The fourth-order valence-electron chi connectivity index (χ4n) is 1.20. The van der Waals surface area contributed by atoms with Crippen LogP contribution in [0.4, 0.5) is 0 Å². The topological polar surface area (TPSA) is 86.2 Å². The zero-order valence-electron chi connectivity index (χ0n) is 7.72. The van der Waals surface area contributed by atoms with E-state index in [4.69, 9.17) is 17.3 Å². The fraction of sp³-hybridized carbons (Fsp3) is 0.250. The van der Waals surface area contributed by atoms with Crippen molar-refractivity contribution < 1.29 is 4.79 Å². The fourth-order valence-corrected chi connectivity index (χ4v) is 1.34. The number of carbonyl (C=O) groups excluding carboxylic acids is 1.